The molecule has 0 saturated carbocycles. The highest BCUT2D eigenvalue weighted by Gasteiger charge is 2.17. The van der Waals surface area contributed by atoms with E-state index in [1.54, 1.807) is 18.3 Å². The lowest BCUT2D eigenvalue weighted by Gasteiger charge is -2.27. The lowest BCUT2D eigenvalue weighted by atomic mass is 10.2. The van der Waals surface area contributed by atoms with Crippen molar-refractivity contribution in [3.05, 3.63) is 71.4 Å². The fraction of sp³-hybridized carbons (Fsp3) is 0.182. The molecule has 0 unspecified atom stereocenters. The number of fused-ring (bicyclic) bond motifs is 1. The summed E-state index contributed by atoms with van der Waals surface area (Å²) in [5, 5.41) is 7.36. The number of hydrogen-bond donors (Lipinski definition) is 3. The maximum absolute atomic E-state index is 5.84. The van der Waals surface area contributed by atoms with Crippen LogP contribution in [0.25, 0.3) is 11.0 Å². The second-order valence-corrected chi connectivity index (χ2v) is 7.55. The third-order valence-corrected chi connectivity index (χ3v) is 5.02. The molecule has 0 bridgehead atoms. The van der Waals surface area contributed by atoms with Gasteiger partial charge in [-0.1, -0.05) is 23.7 Å². The van der Waals surface area contributed by atoms with E-state index in [2.05, 4.69) is 31.7 Å². The van der Waals surface area contributed by atoms with Crippen LogP contribution in [-0.4, -0.2) is 34.2 Å². The van der Waals surface area contributed by atoms with E-state index in [1.807, 2.05) is 36.4 Å². The molecule has 1 saturated heterocycles. The van der Waals surface area contributed by atoms with Gasteiger partial charge in [0, 0.05) is 24.5 Å². The molecule has 0 atom stereocenters. The van der Waals surface area contributed by atoms with E-state index in [-0.39, 0.29) is 0 Å². The van der Waals surface area contributed by atoms with Gasteiger partial charge < -0.3 is 25.1 Å². The molecular formula is C22H20ClN5O2. The molecule has 4 aromatic rings. The molecule has 1 fully saturated rings. The monoisotopic (exact) mass is 421 g/mol. The topological polar surface area (TPSA) is 84.1 Å². The molecule has 1 aliphatic heterocycles. The number of rotatable bonds is 7. The van der Waals surface area contributed by atoms with Crippen LogP contribution in [-0.2, 0) is 11.3 Å². The van der Waals surface area contributed by atoms with Gasteiger partial charge in [0.05, 0.1) is 35.3 Å². The van der Waals surface area contributed by atoms with Crippen molar-refractivity contribution < 1.29 is 9.47 Å². The largest absolute Gasteiger partial charge is 0.439 e. The molecular weight excluding hydrogens is 402 g/mol. The average molecular weight is 422 g/mol. The van der Waals surface area contributed by atoms with Crippen LogP contribution in [0.4, 0.5) is 11.6 Å². The van der Waals surface area contributed by atoms with Gasteiger partial charge in [0.15, 0.2) is 0 Å². The highest BCUT2D eigenvalue weighted by atomic mass is 35.5. The van der Waals surface area contributed by atoms with E-state index in [1.165, 1.54) is 0 Å². The smallest absolute Gasteiger partial charge is 0.219 e. The fourth-order valence-corrected chi connectivity index (χ4v) is 3.25. The van der Waals surface area contributed by atoms with E-state index in [0.717, 1.165) is 41.4 Å². The van der Waals surface area contributed by atoms with E-state index in [4.69, 9.17) is 21.1 Å². The maximum Gasteiger partial charge on any atom is 0.219 e. The number of halogens is 1. The van der Waals surface area contributed by atoms with Crippen molar-refractivity contribution in [1.29, 1.82) is 0 Å². The molecule has 2 aromatic heterocycles. The second-order valence-electron chi connectivity index (χ2n) is 7.11. The number of aromatic amines is 1. The number of ether oxygens (including phenoxy) is 2. The summed E-state index contributed by atoms with van der Waals surface area (Å²) in [7, 11) is 0. The van der Waals surface area contributed by atoms with Gasteiger partial charge in [-0.05, 0) is 42.0 Å². The van der Waals surface area contributed by atoms with Gasteiger partial charge >= 0.3 is 0 Å². The summed E-state index contributed by atoms with van der Waals surface area (Å²) in [5.41, 5.74) is 4.09. The lowest BCUT2D eigenvalue weighted by Crippen LogP contribution is -2.40. The molecule has 30 heavy (non-hydrogen) atoms. The predicted molar refractivity (Wildman–Crippen MR) is 117 cm³/mol. The summed E-state index contributed by atoms with van der Waals surface area (Å²) in [4.78, 5) is 12.1. The Bertz CT molecular complexity index is 1140. The van der Waals surface area contributed by atoms with Crippen LogP contribution in [0.15, 0.2) is 60.8 Å². The number of anilines is 2. The normalized spacial score (nSPS) is 13.8. The Morgan fingerprint density at radius 1 is 1.10 bits per heavy atom. The van der Waals surface area contributed by atoms with E-state index in [0.29, 0.717) is 29.2 Å². The molecule has 2 aromatic carbocycles. The van der Waals surface area contributed by atoms with Crippen LogP contribution >= 0.6 is 11.6 Å². The van der Waals surface area contributed by atoms with Crippen LogP contribution < -0.4 is 15.4 Å². The Hall–Kier alpha value is -3.29. The van der Waals surface area contributed by atoms with Gasteiger partial charge in [0.2, 0.25) is 11.8 Å². The molecule has 7 nitrogen and oxygen atoms in total. The van der Waals surface area contributed by atoms with Crippen LogP contribution in [0, 0.1) is 0 Å². The lowest BCUT2D eigenvalue weighted by molar-refractivity contribution is 0.0211. The van der Waals surface area contributed by atoms with Crippen molar-refractivity contribution >= 4 is 34.3 Å². The van der Waals surface area contributed by atoms with Gasteiger partial charge in [-0.3, -0.25) is 0 Å². The SMILES string of the molecule is Clc1ccc(Oc2ccc(CNc3nc4ccc(NC5COC5)cc4[nH]3)cc2)nc1. The molecule has 1 aliphatic rings. The number of hydrogen-bond acceptors (Lipinski definition) is 6. The minimum atomic E-state index is 0.394. The second kappa shape index (κ2) is 8.22. The first kappa shape index (κ1) is 18.7. The van der Waals surface area contributed by atoms with Crippen molar-refractivity contribution in [2.24, 2.45) is 0 Å². The van der Waals surface area contributed by atoms with Crippen LogP contribution in [0.2, 0.25) is 5.02 Å². The number of pyridine rings is 1. The summed E-state index contributed by atoms with van der Waals surface area (Å²) < 4.78 is 10.9. The summed E-state index contributed by atoms with van der Waals surface area (Å²) >= 11 is 5.84. The quantitative estimate of drug-likeness (QED) is 0.396. The summed E-state index contributed by atoms with van der Waals surface area (Å²) in [6.45, 7) is 2.16. The van der Waals surface area contributed by atoms with Gasteiger partial charge in [0.1, 0.15) is 5.75 Å². The first-order chi connectivity index (χ1) is 14.7. The Balaban J connectivity index is 1.20. The minimum absolute atomic E-state index is 0.394. The van der Waals surface area contributed by atoms with Crippen LogP contribution in [0.3, 0.4) is 0 Å². The zero-order valence-electron chi connectivity index (χ0n) is 16.1. The van der Waals surface area contributed by atoms with E-state index in [9.17, 15) is 0 Å². The van der Waals surface area contributed by atoms with E-state index < -0.39 is 0 Å². The standard InChI is InChI=1S/C22H20ClN5O2/c23-15-3-8-21(24-11-15)30-18-5-1-14(2-6-18)10-25-22-27-19-7-4-16(9-20(19)28-22)26-17-12-29-13-17/h1-9,11,17,26H,10,12-13H2,(H2,25,27,28). The van der Waals surface area contributed by atoms with Crippen LogP contribution in [0.1, 0.15) is 5.56 Å². The van der Waals surface area contributed by atoms with Gasteiger partial charge in [-0.25, -0.2) is 9.97 Å². The first-order valence-electron chi connectivity index (χ1n) is 9.67. The highest BCUT2D eigenvalue weighted by Crippen LogP contribution is 2.23. The van der Waals surface area contributed by atoms with Crippen molar-refractivity contribution in [3.63, 3.8) is 0 Å². The van der Waals surface area contributed by atoms with Gasteiger partial charge in [-0.15, -0.1) is 0 Å². The predicted octanol–water partition coefficient (Wildman–Crippen LogP) is 4.83. The summed E-state index contributed by atoms with van der Waals surface area (Å²) in [6.07, 6.45) is 1.56. The van der Waals surface area contributed by atoms with Gasteiger partial charge in [0.25, 0.3) is 0 Å². The van der Waals surface area contributed by atoms with Crippen molar-refractivity contribution in [2.75, 3.05) is 23.8 Å². The number of nitrogens with zero attached hydrogens (tertiary/aromatic N) is 2. The number of imidazole rings is 1. The first-order valence-corrected chi connectivity index (χ1v) is 10.1. The molecule has 5 rings (SSSR count). The molecule has 3 heterocycles. The number of H-pyrrole nitrogens is 1. The Kier molecular flexibility index (Phi) is 5.13. The Morgan fingerprint density at radius 2 is 1.97 bits per heavy atom. The van der Waals surface area contributed by atoms with Gasteiger partial charge in [-0.2, -0.15) is 0 Å². The molecule has 0 radical (unpaired) electrons. The van der Waals surface area contributed by atoms with Crippen molar-refractivity contribution in [3.8, 4) is 11.6 Å². The average Bonchev–Trinajstić information content (AvgIpc) is 3.14. The van der Waals surface area contributed by atoms with Crippen molar-refractivity contribution in [2.45, 2.75) is 12.6 Å². The van der Waals surface area contributed by atoms with E-state index >= 15 is 0 Å². The Morgan fingerprint density at radius 3 is 2.70 bits per heavy atom. The molecule has 3 N–H and O–H groups in total. The van der Waals surface area contributed by atoms with Crippen LogP contribution in [0.5, 0.6) is 11.6 Å². The fourth-order valence-electron chi connectivity index (χ4n) is 3.14. The van der Waals surface area contributed by atoms with Crippen molar-refractivity contribution in [1.82, 2.24) is 15.0 Å². The zero-order valence-corrected chi connectivity index (χ0v) is 16.8. The molecule has 152 valence electrons. The number of benzene rings is 2. The third kappa shape index (κ3) is 4.32. The third-order valence-electron chi connectivity index (χ3n) is 4.80. The Labute approximate surface area is 178 Å². The molecule has 0 aliphatic carbocycles. The summed E-state index contributed by atoms with van der Waals surface area (Å²) in [5.74, 6) is 1.96. The minimum Gasteiger partial charge on any atom is -0.439 e. The number of nitrogens with one attached hydrogen (secondary N) is 3. The highest BCUT2D eigenvalue weighted by molar-refractivity contribution is 6.30. The molecule has 0 spiro atoms. The molecule has 0 amide bonds. The number of aromatic nitrogens is 3. The maximum atomic E-state index is 5.84. The zero-order chi connectivity index (χ0) is 20.3. The molecule has 8 heteroatoms. The summed E-state index contributed by atoms with van der Waals surface area (Å²) in [6, 6.07) is 17.8.